The van der Waals surface area contributed by atoms with Crippen LogP contribution in [0.5, 0.6) is 17.4 Å². The van der Waals surface area contributed by atoms with E-state index >= 15 is 0 Å². The van der Waals surface area contributed by atoms with E-state index in [1.807, 2.05) is 0 Å². The second-order valence-corrected chi connectivity index (χ2v) is 9.36. The summed E-state index contributed by atoms with van der Waals surface area (Å²) in [4.78, 5) is 15.0. The number of pyridine rings is 1. The van der Waals surface area contributed by atoms with Crippen molar-refractivity contribution >= 4 is 38.9 Å². The lowest BCUT2D eigenvalue weighted by Gasteiger charge is -2.16. The highest BCUT2D eigenvalue weighted by Gasteiger charge is 2.34. The number of anilines is 2. The number of hydrogen-bond acceptors (Lipinski definition) is 6. The van der Waals surface area contributed by atoms with Crippen molar-refractivity contribution in [1.29, 1.82) is 0 Å². The van der Waals surface area contributed by atoms with Gasteiger partial charge in [0.05, 0.1) is 22.6 Å². The average molecular weight is 542 g/mol. The molecule has 0 saturated carbocycles. The van der Waals surface area contributed by atoms with Gasteiger partial charge in [-0.3, -0.25) is 9.52 Å². The second kappa shape index (κ2) is 10.5. The Balaban J connectivity index is 1.96. The molecule has 3 aromatic rings. The van der Waals surface area contributed by atoms with Gasteiger partial charge in [-0.1, -0.05) is 18.2 Å². The molecule has 1 heterocycles. The Kier molecular flexibility index (Phi) is 7.80. The number of halogens is 4. The number of nitrogens with zero attached hydrogens (tertiary/aromatic N) is 1. The Hall–Kier alpha value is -3.77. The number of rotatable bonds is 8. The van der Waals surface area contributed by atoms with Gasteiger partial charge in [0.15, 0.2) is 11.5 Å². The summed E-state index contributed by atoms with van der Waals surface area (Å²) in [6, 6.07) is 8.04. The summed E-state index contributed by atoms with van der Waals surface area (Å²) in [5.74, 6) is -0.342. The fraction of sp³-hybridized carbons (Fsp3) is 0.130. The third-order valence-electron chi connectivity index (χ3n) is 4.61. The molecular formula is C23H19ClF3N3O5S. The molecule has 0 aliphatic heterocycles. The fourth-order valence-electron chi connectivity index (χ4n) is 2.93. The lowest BCUT2D eigenvalue weighted by molar-refractivity contribution is -0.137. The van der Waals surface area contributed by atoms with Crippen molar-refractivity contribution < 1.29 is 35.9 Å². The number of carbonyl (C=O) groups excluding carboxylic acids is 1. The summed E-state index contributed by atoms with van der Waals surface area (Å²) in [7, 11) is -3.15. The molecule has 8 nitrogen and oxygen atoms in total. The number of sulfonamides is 1. The Labute approximate surface area is 209 Å². The van der Waals surface area contributed by atoms with Gasteiger partial charge in [0.1, 0.15) is 5.69 Å². The SMILES string of the molecule is C=CC(=O)Nc1ccc(Oc2ncc(C)cc2NS(=O)(=O)c2ccc(Cl)c(C(F)(F)F)c2)c(OC)c1. The van der Waals surface area contributed by atoms with Crippen molar-refractivity contribution in [2.75, 3.05) is 17.1 Å². The van der Waals surface area contributed by atoms with Crippen LogP contribution in [0, 0.1) is 6.92 Å². The first-order valence-electron chi connectivity index (χ1n) is 9.99. The van der Waals surface area contributed by atoms with E-state index in [0.717, 1.165) is 18.2 Å². The average Bonchev–Trinajstić information content (AvgIpc) is 2.80. The van der Waals surface area contributed by atoms with Crippen molar-refractivity contribution in [2.45, 2.75) is 18.0 Å². The minimum atomic E-state index is -4.85. The molecular weight excluding hydrogens is 523 g/mol. The number of alkyl halides is 3. The summed E-state index contributed by atoms with van der Waals surface area (Å²) < 4.78 is 78.8. The first kappa shape index (κ1) is 26.8. The van der Waals surface area contributed by atoms with Crippen LogP contribution in [-0.2, 0) is 21.0 Å². The number of nitrogens with one attached hydrogen (secondary N) is 2. The normalized spacial score (nSPS) is 11.5. The summed E-state index contributed by atoms with van der Waals surface area (Å²) >= 11 is 5.60. The summed E-state index contributed by atoms with van der Waals surface area (Å²) in [6.07, 6.45) is -2.36. The molecule has 3 rings (SSSR count). The zero-order chi connectivity index (χ0) is 26.7. The Morgan fingerprint density at radius 1 is 1.14 bits per heavy atom. The van der Waals surface area contributed by atoms with Crippen LogP contribution in [-0.4, -0.2) is 26.4 Å². The van der Waals surface area contributed by atoms with E-state index < -0.39 is 37.6 Å². The zero-order valence-corrected chi connectivity index (χ0v) is 20.4. The first-order valence-corrected chi connectivity index (χ1v) is 11.9. The van der Waals surface area contributed by atoms with Crippen LogP contribution < -0.4 is 19.5 Å². The molecule has 2 N–H and O–H groups in total. The smallest absolute Gasteiger partial charge is 0.417 e. The van der Waals surface area contributed by atoms with Gasteiger partial charge in [0, 0.05) is 18.0 Å². The van der Waals surface area contributed by atoms with Crippen molar-refractivity contribution in [3.63, 3.8) is 0 Å². The molecule has 1 aromatic heterocycles. The summed E-state index contributed by atoms with van der Waals surface area (Å²) in [5.41, 5.74) is -0.504. The molecule has 0 radical (unpaired) electrons. The number of carbonyl (C=O) groups is 1. The number of aromatic nitrogens is 1. The predicted octanol–water partition coefficient (Wildman–Crippen LogP) is 5.79. The Bertz CT molecular complexity index is 1430. The number of methoxy groups -OCH3 is 1. The van der Waals surface area contributed by atoms with E-state index in [0.29, 0.717) is 17.3 Å². The van der Waals surface area contributed by atoms with Crippen LogP contribution in [0.3, 0.4) is 0 Å². The van der Waals surface area contributed by atoms with E-state index in [1.165, 1.54) is 37.6 Å². The van der Waals surface area contributed by atoms with Crippen LogP contribution in [0.2, 0.25) is 5.02 Å². The second-order valence-electron chi connectivity index (χ2n) is 7.27. The van der Waals surface area contributed by atoms with Gasteiger partial charge in [0.25, 0.3) is 10.0 Å². The standard InChI is InChI=1S/C23H19ClF3N3O5S/c1-4-21(31)29-14-5-8-19(20(10-14)34-3)35-22-18(9-13(2)12-28-22)30-36(32,33)15-6-7-17(24)16(11-15)23(25,26)27/h4-12,30H,1H2,2-3H3,(H,29,31). The quantitative estimate of drug-likeness (QED) is 0.350. The number of ether oxygens (including phenoxy) is 2. The fourth-order valence-corrected chi connectivity index (χ4v) is 4.23. The monoisotopic (exact) mass is 541 g/mol. The largest absolute Gasteiger partial charge is 0.493 e. The maximum atomic E-state index is 13.2. The van der Waals surface area contributed by atoms with Crippen LogP contribution >= 0.6 is 11.6 Å². The van der Waals surface area contributed by atoms with Crippen molar-refractivity contribution in [2.24, 2.45) is 0 Å². The van der Waals surface area contributed by atoms with E-state index in [1.54, 1.807) is 6.92 Å². The van der Waals surface area contributed by atoms with Gasteiger partial charge in [-0.25, -0.2) is 13.4 Å². The highest BCUT2D eigenvalue weighted by Crippen LogP contribution is 2.38. The summed E-state index contributed by atoms with van der Waals surface area (Å²) in [5, 5.41) is 1.92. The van der Waals surface area contributed by atoms with Gasteiger partial charge >= 0.3 is 6.18 Å². The molecule has 1 amide bonds. The van der Waals surface area contributed by atoms with Crippen LogP contribution in [0.1, 0.15) is 11.1 Å². The molecule has 0 aliphatic carbocycles. The number of amides is 1. The van der Waals surface area contributed by atoms with Crippen molar-refractivity contribution in [3.05, 3.63) is 77.5 Å². The highest BCUT2D eigenvalue weighted by molar-refractivity contribution is 7.92. The van der Waals surface area contributed by atoms with Gasteiger partial charge in [-0.2, -0.15) is 13.2 Å². The molecule has 0 atom stereocenters. The zero-order valence-electron chi connectivity index (χ0n) is 18.8. The lowest BCUT2D eigenvalue weighted by Crippen LogP contribution is -2.16. The topological polar surface area (TPSA) is 107 Å². The molecule has 0 fully saturated rings. The van der Waals surface area contributed by atoms with E-state index in [9.17, 15) is 26.4 Å². The molecule has 0 unspecified atom stereocenters. The molecule has 0 spiro atoms. The molecule has 0 bridgehead atoms. The van der Waals surface area contributed by atoms with Crippen LogP contribution in [0.15, 0.2) is 66.2 Å². The Morgan fingerprint density at radius 2 is 1.86 bits per heavy atom. The van der Waals surface area contributed by atoms with E-state index in [-0.39, 0.29) is 23.1 Å². The highest BCUT2D eigenvalue weighted by atomic mass is 35.5. The lowest BCUT2D eigenvalue weighted by atomic mass is 10.2. The first-order chi connectivity index (χ1) is 16.8. The minimum Gasteiger partial charge on any atom is -0.493 e. The van der Waals surface area contributed by atoms with Crippen molar-refractivity contribution in [1.82, 2.24) is 4.98 Å². The molecule has 2 aromatic carbocycles. The van der Waals surface area contributed by atoms with Crippen molar-refractivity contribution in [3.8, 4) is 17.4 Å². The van der Waals surface area contributed by atoms with Crippen LogP contribution in [0.25, 0.3) is 0 Å². The third-order valence-corrected chi connectivity index (χ3v) is 6.30. The van der Waals surface area contributed by atoms with Gasteiger partial charge in [-0.15, -0.1) is 0 Å². The minimum absolute atomic E-state index is 0.122. The maximum absolute atomic E-state index is 13.2. The van der Waals surface area contributed by atoms with Crippen LogP contribution in [0.4, 0.5) is 24.5 Å². The molecule has 36 heavy (non-hydrogen) atoms. The molecule has 0 aliphatic rings. The predicted molar refractivity (Wildman–Crippen MR) is 128 cm³/mol. The van der Waals surface area contributed by atoms with Gasteiger partial charge < -0.3 is 14.8 Å². The number of aryl methyl sites for hydroxylation is 1. The molecule has 0 saturated heterocycles. The van der Waals surface area contributed by atoms with E-state index in [4.69, 9.17) is 21.1 Å². The number of hydrogen-bond donors (Lipinski definition) is 2. The van der Waals surface area contributed by atoms with E-state index in [2.05, 4.69) is 21.6 Å². The Morgan fingerprint density at radius 3 is 2.50 bits per heavy atom. The maximum Gasteiger partial charge on any atom is 0.417 e. The molecule has 13 heteroatoms. The van der Waals surface area contributed by atoms with Gasteiger partial charge in [0.2, 0.25) is 11.8 Å². The number of benzene rings is 2. The molecule has 190 valence electrons. The van der Waals surface area contributed by atoms with Gasteiger partial charge in [-0.05, 0) is 55.0 Å². The summed E-state index contributed by atoms with van der Waals surface area (Å²) in [6.45, 7) is 5.00. The third kappa shape index (κ3) is 6.26.